The number of halogens is 1. The molecule has 0 saturated heterocycles. The van der Waals surface area contributed by atoms with Gasteiger partial charge < -0.3 is 10.1 Å². The Hall–Kier alpha value is -1.40. The average molecular weight is 353 g/mol. The van der Waals surface area contributed by atoms with Gasteiger partial charge in [-0.15, -0.1) is 5.10 Å². The normalized spacial score (nSPS) is 11.1. The monoisotopic (exact) mass is 352 g/mol. The van der Waals surface area contributed by atoms with Gasteiger partial charge in [0.1, 0.15) is 18.1 Å². The standard InChI is InChI=1S/C15H21BrN4O/c1-11(2)7-17-8-12-6-13(16)4-5-15(12)21-10-14-9-20(3)19-18-14/h4-6,9,11,17H,7-8,10H2,1-3H3. The topological polar surface area (TPSA) is 52.0 Å². The molecule has 0 aliphatic rings. The summed E-state index contributed by atoms with van der Waals surface area (Å²) in [6.07, 6.45) is 1.86. The molecule has 114 valence electrons. The SMILES string of the molecule is CC(C)CNCc1cc(Br)ccc1OCc1cn(C)nn1. The van der Waals surface area contributed by atoms with Gasteiger partial charge in [-0.1, -0.05) is 35.0 Å². The smallest absolute Gasteiger partial charge is 0.134 e. The molecule has 0 saturated carbocycles. The van der Waals surface area contributed by atoms with Crippen LogP contribution in [0.25, 0.3) is 0 Å². The predicted octanol–water partition coefficient (Wildman–Crippen LogP) is 2.90. The van der Waals surface area contributed by atoms with Crippen LogP contribution < -0.4 is 10.1 Å². The van der Waals surface area contributed by atoms with E-state index < -0.39 is 0 Å². The minimum atomic E-state index is 0.423. The molecule has 0 spiro atoms. The Morgan fingerprint density at radius 2 is 2.19 bits per heavy atom. The zero-order valence-corrected chi connectivity index (χ0v) is 14.2. The number of hydrogen-bond donors (Lipinski definition) is 1. The second kappa shape index (κ2) is 7.56. The largest absolute Gasteiger partial charge is 0.487 e. The van der Waals surface area contributed by atoms with Crippen LogP contribution in [0.15, 0.2) is 28.9 Å². The van der Waals surface area contributed by atoms with Crippen LogP contribution in [-0.2, 0) is 20.2 Å². The molecule has 0 aliphatic heterocycles. The second-order valence-corrected chi connectivity index (χ2v) is 6.36. The van der Waals surface area contributed by atoms with Gasteiger partial charge in [0, 0.05) is 23.6 Å². The van der Waals surface area contributed by atoms with Crippen LogP contribution >= 0.6 is 15.9 Å². The molecule has 0 fully saturated rings. The fraction of sp³-hybridized carbons (Fsp3) is 0.467. The molecule has 0 unspecified atom stereocenters. The van der Waals surface area contributed by atoms with E-state index in [0.717, 1.165) is 34.6 Å². The summed E-state index contributed by atoms with van der Waals surface area (Å²) < 4.78 is 8.60. The summed E-state index contributed by atoms with van der Waals surface area (Å²) in [6.45, 7) is 6.58. The molecule has 1 heterocycles. The minimum absolute atomic E-state index is 0.423. The van der Waals surface area contributed by atoms with Gasteiger partial charge in [0.25, 0.3) is 0 Å². The molecule has 1 aromatic carbocycles. The van der Waals surface area contributed by atoms with Crippen molar-refractivity contribution < 1.29 is 4.74 Å². The van der Waals surface area contributed by atoms with Crippen molar-refractivity contribution in [1.29, 1.82) is 0 Å². The van der Waals surface area contributed by atoms with E-state index in [2.05, 4.69) is 51.5 Å². The quantitative estimate of drug-likeness (QED) is 0.832. The summed E-state index contributed by atoms with van der Waals surface area (Å²) in [7, 11) is 1.84. The van der Waals surface area contributed by atoms with Crippen molar-refractivity contribution in [3.05, 3.63) is 40.1 Å². The Morgan fingerprint density at radius 3 is 2.86 bits per heavy atom. The third-order valence-corrected chi connectivity index (χ3v) is 3.41. The fourth-order valence-electron chi connectivity index (χ4n) is 1.94. The fourth-order valence-corrected chi connectivity index (χ4v) is 2.34. The number of aryl methyl sites for hydroxylation is 1. The number of ether oxygens (including phenoxy) is 1. The molecule has 2 rings (SSSR count). The highest BCUT2D eigenvalue weighted by atomic mass is 79.9. The van der Waals surface area contributed by atoms with Crippen LogP contribution in [0, 0.1) is 5.92 Å². The van der Waals surface area contributed by atoms with E-state index in [1.807, 2.05) is 25.4 Å². The predicted molar refractivity (Wildman–Crippen MR) is 86.0 cm³/mol. The first-order valence-corrected chi connectivity index (χ1v) is 7.81. The van der Waals surface area contributed by atoms with Crippen LogP contribution in [0.3, 0.4) is 0 Å². The zero-order valence-electron chi connectivity index (χ0n) is 12.6. The van der Waals surface area contributed by atoms with Crippen molar-refractivity contribution >= 4 is 15.9 Å². The summed E-state index contributed by atoms with van der Waals surface area (Å²) in [5.41, 5.74) is 1.95. The number of nitrogens with zero attached hydrogens (tertiary/aromatic N) is 3. The minimum Gasteiger partial charge on any atom is -0.487 e. The molecule has 0 amide bonds. The van der Waals surface area contributed by atoms with Crippen molar-refractivity contribution in [3.63, 3.8) is 0 Å². The third kappa shape index (κ3) is 5.13. The van der Waals surface area contributed by atoms with Crippen molar-refractivity contribution in [1.82, 2.24) is 20.3 Å². The zero-order chi connectivity index (χ0) is 15.2. The van der Waals surface area contributed by atoms with Crippen molar-refractivity contribution in [2.75, 3.05) is 6.54 Å². The first-order valence-electron chi connectivity index (χ1n) is 7.01. The molecular weight excluding hydrogens is 332 g/mol. The number of hydrogen-bond acceptors (Lipinski definition) is 4. The van der Waals surface area contributed by atoms with Crippen LogP contribution in [0.2, 0.25) is 0 Å². The van der Waals surface area contributed by atoms with Gasteiger partial charge in [-0.3, -0.25) is 4.68 Å². The number of aromatic nitrogens is 3. The molecule has 2 aromatic rings. The maximum atomic E-state index is 5.87. The van der Waals surface area contributed by atoms with Crippen molar-refractivity contribution in [2.45, 2.75) is 27.0 Å². The van der Waals surface area contributed by atoms with Gasteiger partial charge in [-0.2, -0.15) is 0 Å². The van der Waals surface area contributed by atoms with E-state index in [-0.39, 0.29) is 0 Å². The van der Waals surface area contributed by atoms with Crippen LogP contribution in [0.4, 0.5) is 0 Å². The lowest BCUT2D eigenvalue weighted by atomic mass is 10.2. The first kappa shape index (κ1) is 16.0. The molecule has 5 nitrogen and oxygen atoms in total. The molecular formula is C15H21BrN4O. The van der Waals surface area contributed by atoms with Crippen LogP contribution in [0.1, 0.15) is 25.1 Å². The maximum absolute atomic E-state index is 5.87. The Labute approximate surface area is 133 Å². The van der Waals surface area contributed by atoms with Gasteiger partial charge in [0.05, 0.1) is 6.20 Å². The molecule has 6 heteroatoms. The molecule has 0 bridgehead atoms. The Kier molecular flexibility index (Phi) is 5.76. The first-order chi connectivity index (χ1) is 10.0. The Balaban J connectivity index is 2.00. The lowest BCUT2D eigenvalue weighted by molar-refractivity contribution is 0.297. The van der Waals surface area contributed by atoms with Crippen LogP contribution in [0.5, 0.6) is 5.75 Å². The van der Waals surface area contributed by atoms with Crippen molar-refractivity contribution in [2.24, 2.45) is 13.0 Å². The lowest BCUT2D eigenvalue weighted by Crippen LogP contribution is -2.19. The molecule has 0 radical (unpaired) electrons. The Bertz CT molecular complexity index is 583. The summed E-state index contributed by atoms with van der Waals surface area (Å²) in [6, 6.07) is 6.05. The summed E-state index contributed by atoms with van der Waals surface area (Å²) >= 11 is 3.51. The van der Waals surface area contributed by atoms with E-state index in [1.165, 1.54) is 0 Å². The van der Waals surface area contributed by atoms with Gasteiger partial charge in [0.15, 0.2) is 0 Å². The average Bonchev–Trinajstić information content (AvgIpc) is 2.83. The number of nitrogens with one attached hydrogen (secondary N) is 1. The maximum Gasteiger partial charge on any atom is 0.134 e. The second-order valence-electron chi connectivity index (χ2n) is 5.45. The number of benzene rings is 1. The summed E-state index contributed by atoms with van der Waals surface area (Å²) in [5.74, 6) is 1.50. The van der Waals surface area contributed by atoms with E-state index in [1.54, 1.807) is 4.68 Å². The number of rotatable bonds is 7. The Morgan fingerprint density at radius 1 is 1.38 bits per heavy atom. The third-order valence-electron chi connectivity index (χ3n) is 2.92. The van der Waals surface area contributed by atoms with Crippen LogP contribution in [-0.4, -0.2) is 21.5 Å². The van der Waals surface area contributed by atoms with E-state index in [0.29, 0.717) is 12.5 Å². The summed E-state index contributed by atoms with van der Waals surface area (Å²) in [4.78, 5) is 0. The van der Waals surface area contributed by atoms with Gasteiger partial charge in [0.2, 0.25) is 0 Å². The molecule has 21 heavy (non-hydrogen) atoms. The highest BCUT2D eigenvalue weighted by Gasteiger charge is 2.07. The van der Waals surface area contributed by atoms with E-state index in [4.69, 9.17) is 4.74 Å². The van der Waals surface area contributed by atoms with E-state index in [9.17, 15) is 0 Å². The van der Waals surface area contributed by atoms with Gasteiger partial charge in [-0.25, -0.2) is 0 Å². The molecule has 1 aromatic heterocycles. The highest BCUT2D eigenvalue weighted by molar-refractivity contribution is 9.10. The highest BCUT2D eigenvalue weighted by Crippen LogP contribution is 2.24. The molecule has 0 aliphatic carbocycles. The molecule has 1 N–H and O–H groups in total. The van der Waals surface area contributed by atoms with Gasteiger partial charge >= 0.3 is 0 Å². The van der Waals surface area contributed by atoms with Gasteiger partial charge in [-0.05, 0) is 30.7 Å². The summed E-state index contributed by atoms with van der Waals surface area (Å²) in [5, 5.41) is 11.4. The van der Waals surface area contributed by atoms with E-state index >= 15 is 0 Å². The van der Waals surface area contributed by atoms with Crippen molar-refractivity contribution in [3.8, 4) is 5.75 Å². The lowest BCUT2D eigenvalue weighted by Gasteiger charge is -2.13. The molecule has 0 atom stereocenters.